The van der Waals surface area contributed by atoms with Gasteiger partial charge in [0.2, 0.25) is 0 Å². The van der Waals surface area contributed by atoms with E-state index in [1.165, 1.54) is 0 Å². The molecule has 3 saturated heterocycles. The molecule has 2 N–H and O–H groups in total. The van der Waals surface area contributed by atoms with E-state index >= 15 is 0 Å². The highest BCUT2D eigenvalue weighted by Gasteiger charge is 2.43. The fraction of sp³-hybridized carbons (Fsp3) is 0.212. The lowest BCUT2D eigenvalue weighted by atomic mass is 9.90. The number of hydrogen-bond acceptors (Lipinski definition) is 6. The van der Waals surface area contributed by atoms with Gasteiger partial charge >= 0.3 is 0 Å². The highest BCUT2D eigenvalue weighted by Crippen LogP contribution is 2.31. The molecule has 3 aliphatic rings. The van der Waals surface area contributed by atoms with Crippen molar-refractivity contribution in [1.82, 2.24) is 39.7 Å². The van der Waals surface area contributed by atoms with Crippen LogP contribution in [0.1, 0.15) is 45.2 Å². The molecular formula is C33H30N8O2. The molecule has 2 unspecified atom stereocenters. The van der Waals surface area contributed by atoms with Gasteiger partial charge in [0, 0.05) is 30.9 Å². The maximum Gasteiger partial charge on any atom is 0.272 e. The van der Waals surface area contributed by atoms with Crippen molar-refractivity contribution in [3.8, 4) is 23.0 Å². The molecule has 10 heteroatoms. The van der Waals surface area contributed by atoms with Gasteiger partial charge in [-0.1, -0.05) is 43.0 Å². The van der Waals surface area contributed by atoms with Gasteiger partial charge in [-0.15, -0.1) is 0 Å². The van der Waals surface area contributed by atoms with Crippen molar-refractivity contribution in [3.63, 3.8) is 0 Å². The number of aromatic nitrogens is 6. The summed E-state index contributed by atoms with van der Waals surface area (Å²) in [6.45, 7) is 6.57. The summed E-state index contributed by atoms with van der Waals surface area (Å²) in [5.41, 5.74) is 5.41. The zero-order valence-corrected chi connectivity index (χ0v) is 23.7. The first kappa shape index (κ1) is 26.5. The van der Waals surface area contributed by atoms with Crippen LogP contribution in [-0.2, 0) is 0 Å². The Morgan fingerprint density at radius 1 is 0.791 bits per heavy atom. The molecule has 2 amide bonds. The second-order valence-corrected chi connectivity index (χ2v) is 10.9. The zero-order chi connectivity index (χ0) is 29.5. The highest BCUT2D eigenvalue weighted by atomic mass is 16.2. The summed E-state index contributed by atoms with van der Waals surface area (Å²) < 4.78 is 0. The molecule has 3 fully saturated rings. The lowest BCUT2D eigenvalue weighted by Gasteiger charge is -2.51. The SMILES string of the molecule is C=C/C=C\c1nc(-c2cccc(C(=O)N3CC4CCC3CN4C(=O)c3cccc(-c4nc5ccccc5[nH]4)n3)n2)[nH]c1C. The van der Waals surface area contributed by atoms with Crippen molar-refractivity contribution in [2.24, 2.45) is 0 Å². The number of fused-ring (bicyclic) bond motifs is 4. The first-order chi connectivity index (χ1) is 21.0. The lowest BCUT2D eigenvalue weighted by molar-refractivity contribution is -0.00659. The Balaban J connectivity index is 1.08. The number of carbonyl (C=O) groups is 2. The standard InChI is InChI=1S/C33H30N8O2/c1-3-4-9-23-20(2)34-30(37-23)26-12-7-14-28(35-26)32(42)40-18-22-17-16-21(40)19-41(22)33(43)29-15-8-13-27(36-29)31-38-24-10-5-6-11-25(24)39-31/h3-15,21-22H,1,16-19H2,2H3,(H,34,37)(H,38,39)/b9-4-. The number of piperazine rings is 1. The third-order valence-electron chi connectivity index (χ3n) is 8.17. The number of pyridine rings is 2. The molecule has 7 heterocycles. The Morgan fingerprint density at radius 3 is 1.98 bits per heavy atom. The predicted octanol–water partition coefficient (Wildman–Crippen LogP) is 5.05. The van der Waals surface area contributed by atoms with Crippen molar-refractivity contribution >= 4 is 28.9 Å². The molecule has 3 aliphatic heterocycles. The molecule has 10 nitrogen and oxygen atoms in total. The largest absolute Gasteiger partial charge is 0.340 e. The van der Waals surface area contributed by atoms with E-state index in [9.17, 15) is 9.59 Å². The highest BCUT2D eigenvalue weighted by molar-refractivity contribution is 5.95. The maximum absolute atomic E-state index is 13.7. The minimum atomic E-state index is -0.135. The van der Waals surface area contributed by atoms with Crippen LogP contribution in [0.15, 0.2) is 79.4 Å². The van der Waals surface area contributed by atoms with Crippen LogP contribution in [0.5, 0.6) is 0 Å². The topological polar surface area (TPSA) is 124 Å². The molecule has 5 aromatic rings. The van der Waals surface area contributed by atoms with Crippen molar-refractivity contribution < 1.29 is 9.59 Å². The van der Waals surface area contributed by atoms with Crippen molar-refractivity contribution in [2.75, 3.05) is 13.1 Å². The zero-order valence-electron chi connectivity index (χ0n) is 23.7. The Morgan fingerprint density at radius 2 is 1.40 bits per heavy atom. The number of hydrogen-bond donors (Lipinski definition) is 2. The third kappa shape index (κ3) is 4.90. The minimum Gasteiger partial charge on any atom is -0.340 e. The van der Waals surface area contributed by atoms with Crippen molar-refractivity contribution in [3.05, 3.63) is 102 Å². The van der Waals surface area contributed by atoms with E-state index in [1.807, 2.05) is 77.4 Å². The number of allylic oxidation sites excluding steroid dienone is 2. The molecule has 43 heavy (non-hydrogen) atoms. The number of rotatable bonds is 6. The number of piperidine rings is 2. The van der Waals surface area contributed by atoms with E-state index in [-0.39, 0.29) is 23.9 Å². The number of amides is 2. The van der Waals surface area contributed by atoms with Gasteiger partial charge in [-0.05, 0) is 62.2 Å². The van der Waals surface area contributed by atoms with Crippen LogP contribution in [0.2, 0.25) is 0 Å². The van der Waals surface area contributed by atoms with Gasteiger partial charge in [-0.3, -0.25) is 9.59 Å². The van der Waals surface area contributed by atoms with Gasteiger partial charge in [-0.2, -0.15) is 0 Å². The first-order valence-corrected chi connectivity index (χ1v) is 14.4. The van der Waals surface area contributed by atoms with E-state index in [4.69, 9.17) is 0 Å². The molecule has 0 spiro atoms. The third-order valence-corrected chi connectivity index (χ3v) is 8.17. The summed E-state index contributed by atoms with van der Waals surface area (Å²) in [4.78, 5) is 56.3. The molecule has 0 saturated carbocycles. The number of aryl methyl sites for hydroxylation is 1. The first-order valence-electron chi connectivity index (χ1n) is 14.4. The van der Waals surface area contributed by atoms with Crippen molar-refractivity contribution in [1.29, 1.82) is 0 Å². The number of para-hydroxylation sites is 2. The number of carbonyl (C=O) groups excluding carboxylic acids is 2. The van der Waals surface area contributed by atoms with E-state index in [0.717, 1.165) is 35.3 Å². The summed E-state index contributed by atoms with van der Waals surface area (Å²) in [6.07, 6.45) is 7.07. The number of aromatic amines is 2. The monoisotopic (exact) mass is 570 g/mol. The number of nitrogens with one attached hydrogen (secondary N) is 2. The van der Waals surface area contributed by atoms with Gasteiger partial charge in [-0.25, -0.2) is 19.9 Å². The van der Waals surface area contributed by atoms with Gasteiger partial charge < -0.3 is 19.8 Å². The van der Waals surface area contributed by atoms with E-state index in [0.29, 0.717) is 47.5 Å². The quantitative estimate of drug-likeness (QED) is 0.276. The average molecular weight is 571 g/mol. The van der Waals surface area contributed by atoms with Crippen LogP contribution in [0, 0.1) is 6.92 Å². The number of H-pyrrole nitrogens is 2. The number of benzene rings is 1. The smallest absolute Gasteiger partial charge is 0.272 e. The summed E-state index contributed by atoms with van der Waals surface area (Å²) in [6, 6.07) is 18.4. The molecule has 8 rings (SSSR count). The van der Waals surface area contributed by atoms with Crippen molar-refractivity contribution in [2.45, 2.75) is 31.8 Å². The Hall–Kier alpha value is -5.38. The van der Waals surface area contributed by atoms with E-state index in [2.05, 4.69) is 36.5 Å². The average Bonchev–Trinajstić information content (AvgIpc) is 3.67. The second kappa shape index (κ2) is 10.8. The Kier molecular flexibility index (Phi) is 6.65. The summed E-state index contributed by atoms with van der Waals surface area (Å²) in [5.74, 6) is 0.958. The fourth-order valence-corrected chi connectivity index (χ4v) is 5.98. The molecule has 2 bridgehead atoms. The van der Waals surface area contributed by atoms with E-state index < -0.39 is 0 Å². The second-order valence-electron chi connectivity index (χ2n) is 10.9. The molecular weight excluding hydrogens is 540 g/mol. The van der Waals surface area contributed by atoms with Crippen LogP contribution >= 0.6 is 0 Å². The van der Waals surface area contributed by atoms with Gasteiger partial charge in [0.1, 0.15) is 22.8 Å². The van der Waals surface area contributed by atoms with Crippen LogP contribution in [0.25, 0.3) is 40.1 Å². The lowest BCUT2D eigenvalue weighted by Crippen LogP contribution is -2.65. The molecule has 0 radical (unpaired) electrons. The Bertz CT molecular complexity index is 1870. The Labute approximate surface area is 248 Å². The molecule has 1 aromatic carbocycles. The van der Waals surface area contributed by atoms with Crippen LogP contribution < -0.4 is 0 Å². The maximum atomic E-state index is 13.7. The molecule has 4 aromatic heterocycles. The molecule has 214 valence electrons. The number of imidazole rings is 2. The van der Waals surface area contributed by atoms with Crippen LogP contribution in [0.3, 0.4) is 0 Å². The van der Waals surface area contributed by atoms with Gasteiger partial charge in [0.05, 0.1) is 16.7 Å². The summed E-state index contributed by atoms with van der Waals surface area (Å²) >= 11 is 0. The van der Waals surface area contributed by atoms with E-state index in [1.54, 1.807) is 18.2 Å². The minimum absolute atomic E-state index is 0.0896. The van der Waals surface area contributed by atoms with Crippen LogP contribution in [-0.4, -0.2) is 76.7 Å². The normalized spacial score (nSPS) is 18.1. The molecule has 2 atom stereocenters. The van der Waals surface area contributed by atoms with Crippen LogP contribution in [0.4, 0.5) is 0 Å². The fourth-order valence-electron chi connectivity index (χ4n) is 5.98. The number of nitrogens with zero attached hydrogens (tertiary/aromatic N) is 6. The van der Waals surface area contributed by atoms with Gasteiger partial charge in [0.15, 0.2) is 11.6 Å². The molecule has 0 aliphatic carbocycles. The predicted molar refractivity (Wildman–Crippen MR) is 164 cm³/mol. The van der Waals surface area contributed by atoms with Gasteiger partial charge in [0.25, 0.3) is 11.8 Å². The summed E-state index contributed by atoms with van der Waals surface area (Å²) in [7, 11) is 0. The summed E-state index contributed by atoms with van der Waals surface area (Å²) in [5, 5.41) is 0.